The van der Waals surface area contributed by atoms with E-state index in [1.54, 1.807) is 0 Å². The monoisotopic (exact) mass is 187 g/mol. The Labute approximate surface area is 86.1 Å². The lowest BCUT2D eigenvalue weighted by atomic mass is 10.1. The average molecular weight is 187 g/mol. The van der Waals surface area contributed by atoms with Crippen molar-refractivity contribution in [3.8, 4) is 0 Å². The Kier molecular flexibility index (Phi) is 3.00. The van der Waals surface area contributed by atoms with E-state index in [1.165, 1.54) is 24.9 Å². The molecule has 1 aromatic rings. The largest absolute Gasteiger partial charge is 0.300 e. The number of benzene rings is 1. The molecule has 1 heteroatoms. The van der Waals surface area contributed by atoms with Crippen LogP contribution in [0.1, 0.15) is 18.4 Å². The molecule has 14 heavy (non-hydrogen) atoms. The third-order valence-electron chi connectivity index (χ3n) is 2.89. The van der Waals surface area contributed by atoms with E-state index >= 15 is 0 Å². The van der Waals surface area contributed by atoms with Crippen molar-refractivity contribution < 1.29 is 0 Å². The average Bonchev–Trinajstić information content (AvgIpc) is 2.63. The van der Waals surface area contributed by atoms with Crippen molar-refractivity contribution in [2.24, 2.45) is 0 Å². The van der Waals surface area contributed by atoms with Crippen molar-refractivity contribution in [2.45, 2.75) is 18.9 Å². The molecule has 1 unspecified atom stereocenters. The van der Waals surface area contributed by atoms with E-state index in [-0.39, 0.29) is 0 Å². The van der Waals surface area contributed by atoms with Crippen LogP contribution < -0.4 is 0 Å². The Balaban J connectivity index is 2.00. The van der Waals surface area contributed by atoms with E-state index in [0.29, 0.717) is 6.04 Å². The van der Waals surface area contributed by atoms with Crippen molar-refractivity contribution in [1.82, 2.24) is 4.90 Å². The first-order valence-corrected chi connectivity index (χ1v) is 5.30. The van der Waals surface area contributed by atoms with E-state index in [9.17, 15) is 0 Å². The molecule has 1 fully saturated rings. The third kappa shape index (κ3) is 2.24. The standard InChI is InChI=1S/C13H17N/c1-14-11-5-8-13(14)10-9-12-6-3-2-4-7-12/h2-4,6-7,9-10,13H,5,8,11H2,1H3. The van der Waals surface area contributed by atoms with Crippen LogP contribution in [0.25, 0.3) is 6.08 Å². The molecular formula is C13H17N. The van der Waals surface area contributed by atoms with Crippen molar-refractivity contribution in [1.29, 1.82) is 0 Å². The van der Waals surface area contributed by atoms with Crippen molar-refractivity contribution in [3.05, 3.63) is 42.0 Å². The Hall–Kier alpha value is -1.08. The van der Waals surface area contributed by atoms with Crippen LogP contribution in [0.15, 0.2) is 36.4 Å². The normalized spacial score (nSPS) is 23.4. The molecule has 74 valence electrons. The van der Waals surface area contributed by atoms with Crippen LogP contribution in [0.3, 0.4) is 0 Å². The van der Waals surface area contributed by atoms with Crippen LogP contribution >= 0.6 is 0 Å². The van der Waals surface area contributed by atoms with Gasteiger partial charge in [-0.05, 0) is 32.0 Å². The summed E-state index contributed by atoms with van der Waals surface area (Å²) in [7, 11) is 2.20. The molecule has 1 aromatic carbocycles. The summed E-state index contributed by atoms with van der Waals surface area (Å²) in [4.78, 5) is 2.42. The third-order valence-corrected chi connectivity index (χ3v) is 2.89. The zero-order valence-corrected chi connectivity index (χ0v) is 8.69. The van der Waals surface area contributed by atoms with Gasteiger partial charge in [-0.25, -0.2) is 0 Å². The minimum Gasteiger partial charge on any atom is -0.300 e. The minimum atomic E-state index is 0.648. The molecule has 2 rings (SSSR count). The number of hydrogen-bond donors (Lipinski definition) is 0. The van der Waals surface area contributed by atoms with Gasteiger partial charge in [-0.2, -0.15) is 0 Å². The lowest BCUT2D eigenvalue weighted by Gasteiger charge is -2.14. The van der Waals surface area contributed by atoms with Gasteiger partial charge in [0.15, 0.2) is 0 Å². The summed E-state index contributed by atoms with van der Waals surface area (Å²) in [6.07, 6.45) is 7.19. The quantitative estimate of drug-likeness (QED) is 0.688. The van der Waals surface area contributed by atoms with Gasteiger partial charge in [-0.15, -0.1) is 0 Å². The molecule has 0 N–H and O–H groups in total. The van der Waals surface area contributed by atoms with E-state index < -0.39 is 0 Å². The Bertz CT molecular complexity index is 302. The van der Waals surface area contributed by atoms with Crippen molar-refractivity contribution >= 4 is 6.08 Å². The Morgan fingerprint density at radius 1 is 1.29 bits per heavy atom. The van der Waals surface area contributed by atoms with Gasteiger partial charge in [0, 0.05) is 6.04 Å². The molecule has 1 heterocycles. The summed E-state index contributed by atoms with van der Waals surface area (Å²) < 4.78 is 0. The molecule has 0 aliphatic carbocycles. The maximum atomic E-state index is 2.42. The molecule has 1 atom stereocenters. The first-order chi connectivity index (χ1) is 6.86. The van der Waals surface area contributed by atoms with Crippen LogP contribution in [-0.4, -0.2) is 24.5 Å². The van der Waals surface area contributed by atoms with E-state index in [1.807, 2.05) is 0 Å². The fraction of sp³-hybridized carbons (Fsp3) is 0.385. The number of hydrogen-bond acceptors (Lipinski definition) is 1. The molecule has 0 spiro atoms. The van der Waals surface area contributed by atoms with Crippen LogP contribution in [0.5, 0.6) is 0 Å². The summed E-state index contributed by atoms with van der Waals surface area (Å²) in [6.45, 7) is 1.24. The summed E-state index contributed by atoms with van der Waals surface area (Å²) in [5, 5.41) is 0. The highest BCUT2D eigenvalue weighted by Crippen LogP contribution is 2.16. The summed E-state index contributed by atoms with van der Waals surface area (Å²) in [5.74, 6) is 0. The molecule has 0 saturated carbocycles. The lowest BCUT2D eigenvalue weighted by Crippen LogP contribution is -2.22. The highest BCUT2D eigenvalue weighted by atomic mass is 15.1. The van der Waals surface area contributed by atoms with Gasteiger partial charge in [0.25, 0.3) is 0 Å². The minimum absolute atomic E-state index is 0.648. The fourth-order valence-corrected chi connectivity index (χ4v) is 1.97. The van der Waals surface area contributed by atoms with E-state index in [0.717, 1.165) is 0 Å². The molecule has 0 amide bonds. The Morgan fingerprint density at radius 2 is 2.07 bits per heavy atom. The second-order valence-corrected chi connectivity index (χ2v) is 3.96. The molecule has 1 aliphatic heterocycles. The number of likely N-dealkylation sites (tertiary alicyclic amines) is 1. The molecule has 0 bridgehead atoms. The highest BCUT2D eigenvalue weighted by Gasteiger charge is 2.17. The molecule has 0 aromatic heterocycles. The topological polar surface area (TPSA) is 3.24 Å². The zero-order valence-electron chi connectivity index (χ0n) is 8.69. The number of likely N-dealkylation sites (N-methyl/N-ethyl adjacent to an activating group) is 1. The van der Waals surface area contributed by atoms with Gasteiger partial charge in [-0.1, -0.05) is 42.5 Å². The predicted octanol–water partition coefficient (Wildman–Crippen LogP) is 2.79. The summed E-state index contributed by atoms with van der Waals surface area (Å²) in [6, 6.07) is 11.2. The van der Waals surface area contributed by atoms with Crippen LogP contribution in [-0.2, 0) is 0 Å². The SMILES string of the molecule is CN1CCCC1C=Cc1ccccc1. The highest BCUT2D eigenvalue weighted by molar-refractivity contribution is 5.49. The van der Waals surface area contributed by atoms with Crippen molar-refractivity contribution in [2.75, 3.05) is 13.6 Å². The van der Waals surface area contributed by atoms with Crippen LogP contribution in [0.2, 0.25) is 0 Å². The number of rotatable bonds is 2. The van der Waals surface area contributed by atoms with Crippen molar-refractivity contribution in [3.63, 3.8) is 0 Å². The van der Waals surface area contributed by atoms with Crippen LogP contribution in [0.4, 0.5) is 0 Å². The first kappa shape index (κ1) is 9.47. The lowest BCUT2D eigenvalue weighted by molar-refractivity contribution is 0.358. The van der Waals surface area contributed by atoms with Gasteiger partial charge < -0.3 is 0 Å². The molecule has 1 nitrogen and oxygen atoms in total. The first-order valence-electron chi connectivity index (χ1n) is 5.30. The second kappa shape index (κ2) is 4.43. The van der Waals surface area contributed by atoms with Gasteiger partial charge in [0.1, 0.15) is 0 Å². The molecule has 1 aliphatic rings. The van der Waals surface area contributed by atoms with Gasteiger partial charge in [0.2, 0.25) is 0 Å². The van der Waals surface area contributed by atoms with Gasteiger partial charge in [-0.3, -0.25) is 4.90 Å². The molecule has 1 saturated heterocycles. The smallest absolute Gasteiger partial charge is 0.0278 e. The Morgan fingerprint density at radius 3 is 2.71 bits per heavy atom. The van der Waals surface area contributed by atoms with E-state index in [2.05, 4.69) is 54.4 Å². The second-order valence-electron chi connectivity index (χ2n) is 3.96. The summed E-state index contributed by atoms with van der Waals surface area (Å²) in [5.41, 5.74) is 1.30. The van der Waals surface area contributed by atoms with Gasteiger partial charge >= 0.3 is 0 Å². The summed E-state index contributed by atoms with van der Waals surface area (Å²) >= 11 is 0. The van der Waals surface area contributed by atoms with E-state index in [4.69, 9.17) is 0 Å². The predicted molar refractivity (Wildman–Crippen MR) is 61.1 cm³/mol. The zero-order chi connectivity index (χ0) is 9.80. The maximum absolute atomic E-state index is 2.42. The number of nitrogens with zero attached hydrogens (tertiary/aromatic N) is 1. The van der Waals surface area contributed by atoms with Crippen LogP contribution in [0, 0.1) is 0 Å². The molecule has 0 radical (unpaired) electrons. The van der Waals surface area contributed by atoms with Gasteiger partial charge in [0.05, 0.1) is 0 Å². The molecular weight excluding hydrogens is 170 g/mol. The fourth-order valence-electron chi connectivity index (χ4n) is 1.97. The maximum Gasteiger partial charge on any atom is 0.0278 e.